The van der Waals surface area contributed by atoms with Gasteiger partial charge in [0.25, 0.3) is 5.91 Å². The van der Waals surface area contributed by atoms with Gasteiger partial charge in [0, 0.05) is 25.6 Å². The summed E-state index contributed by atoms with van der Waals surface area (Å²) in [5.74, 6) is -0.738. The molecule has 10 nitrogen and oxygen atoms in total. The number of carbonyl (C=O) groups excluding carboxylic acids is 1. The number of primary amides is 1. The Bertz CT molecular complexity index is 635. The number of nitrogens with two attached hydrogens (primary N) is 3. The molecule has 178 valence electrons. The van der Waals surface area contributed by atoms with Crippen molar-refractivity contribution in [3.8, 4) is 0 Å². The molecular weight excluding hydrogens is 404 g/mol. The van der Waals surface area contributed by atoms with Crippen LogP contribution in [0.25, 0.3) is 0 Å². The molecule has 3 unspecified atom stereocenters. The summed E-state index contributed by atoms with van der Waals surface area (Å²) in [5, 5.41) is 9.80. The number of amides is 1. The van der Waals surface area contributed by atoms with Gasteiger partial charge in [-0.05, 0) is 38.8 Å². The molecule has 1 aliphatic heterocycles. The van der Waals surface area contributed by atoms with Crippen LogP contribution >= 0.6 is 0 Å². The number of aliphatic hydroxyl groups is 1. The van der Waals surface area contributed by atoms with E-state index in [-0.39, 0.29) is 12.3 Å². The lowest BCUT2D eigenvalue weighted by atomic mass is 10.1. The van der Waals surface area contributed by atoms with Gasteiger partial charge >= 0.3 is 0 Å². The van der Waals surface area contributed by atoms with Crippen LogP contribution in [-0.4, -0.2) is 74.5 Å². The average Bonchev–Trinajstić information content (AvgIpc) is 3.09. The van der Waals surface area contributed by atoms with Crippen LogP contribution in [0.5, 0.6) is 0 Å². The third-order valence-corrected chi connectivity index (χ3v) is 5.03. The molecule has 0 aromatic rings. The number of hydrogen-bond donors (Lipinski definition) is 4. The third kappa shape index (κ3) is 7.82. The molecule has 7 N–H and O–H groups in total. The average molecular weight is 443 g/mol. The summed E-state index contributed by atoms with van der Waals surface area (Å²) in [4.78, 5) is 13.5. The molecule has 0 spiro atoms. The van der Waals surface area contributed by atoms with Crippen molar-refractivity contribution in [1.29, 1.82) is 0 Å². The van der Waals surface area contributed by atoms with Crippen LogP contribution in [0, 0.1) is 0 Å². The van der Waals surface area contributed by atoms with Crippen molar-refractivity contribution in [2.45, 2.75) is 57.1 Å². The van der Waals surface area contributed by atoms with Crippen LogP contribution in [0.3, 0.4) is 0 Å². The summed E-state index contributed by atoms with van der Waals surface area (Å²) in [7, 11) is 3.10. The van der Waals surface area contributed by atoms with E-state index >= 15 is 0 Å². The summed E-state index contributed by atoms with van der Waals surface area (Å²) in [6.07, 6.45) is 3.83. The second-order valence-electron chi connectivity index (χ2n) is 7.28. The Balaban J connectivity index is 3.09. The van der Waals surface area contributed by atoms with Gasteiger partial charge in [0.15, 0.2) is 6.23 Å². The van der Waals surface area contributed by atoms with E-state index in [1.165, 1.54) is 13.3 Å². The molecule has 4 atom stereocenters. The Labute approximate surface area is 184 Å². The normalized spacial score (nSPS) is 24.7. The quantitative estimate of drug-likeness (QED) is 0.206. The van der Waals surface area contributed by atoms with E-state index < -0.39 is 30.4 Å². The van der Waals surface area contributed by atoms with Gasteiger partial charge in [-0.3, -0.25) is 4.79 Å². The van der Waals surface area contributed by atoms with Crippen LogP contribution in [-0.2, 0) is 23.7 Å². The van der Waals surface area contributed by atoms with E-state index in [0.29, 0.717) is 25.3 Å². The highest BCUT2D eigenvalue weighted by molar-refractivity contribution is 5.91. The van der Waals surface area contributed by atoms with Crippen molar-refractivity contribution in [2.75, 3.05) is 34.0 Å². The van der Waals surface area contributed by atoms with Crippen LogP contribution in [0.15, 0.2) is 35.9 Å². The van der Waals surface area contributed by atoms with E-state index in [4.69, 9.17) is 36.1 Å². The molecule has 1 amide bonds. The van der Waals surface area contributed by atoms with Gasteiger partial charge in [-0.2, -0.15) is 0 Å². The molecule has 0 saturated carbocycles. The van der Waals surface area contributed by atoms with Gasteiger partial charge < -0.3 is 46.2 Å². The minimum atomic E-state index is -0.738. The zero-order valence-electron chi connectivity index (χ0n) is 18.8. The standard InChI is InChI=1S/C21H38N4O6/c1-5-25(15(17(23)20(24)27)10-8-6-7-9-14(2)22)21-19(29-4)18(16(13-26)31-21)30-12-11-28-3/h5,9,16,18-19,21,26H,1,6-8,10-13,22-23H2,2-4H3,(H2,24,27)/b14-9-,17-15-/t16-,18?,19?,21?/m1/s1. The van der Waals surface area contributed by atoms with Gasteiger partial charge in [-0.25, -0.2) is 0 Å². The number of nitrogens with zero attached hydrogens (tertiary/aromatic N) is 1. The molecule has 1 fully saturated rings. The second kappa shape index (κ2) is 14.0. The molecule has 0 aromatic heterocycles. The molecule has 1 rings (SSSR count). The van der Waals surface area contributed by atoms with Gasteiger partial charge in [0.1, 0.15) is 24.0 Å². The Kier molecular flexibility index (Phi) is 12.2. The molecule has 0 aliphatic carbocycles. The smallest absolute Gasteiger partial charge is 0.266 e. The maximum Gasteiger partial charge on any atom is 0.266 e. The van der Waals surface area contributed by atoms with Crippen molar-refractivity contribution in [2.24, 2.45) is 17.2 Å². The first-order valence-corrected chi connectivity index (χ1v) is 10.3. The molecule has 10 heteroatoms. The third-order valence-electron chi connectivity index (χ3n) is 5.03. The monoisotopic (exact) mass is 442 g/mol. The number of ether oxygens (including phenoxy) is 4. The first kappa shape index (κ1) is 26.9. The van der Waals surface area contributed by atoms with Gasteiger partial charge in [-0.1, -0.05) is 12.7 Å². The van der Waals surface area contributed by atoms with Crippen molar-refractivity contribution in [3.63, 3.8) is 0 Å². The first-order valence-electron chi connectivity index (χ1n) is 10.3. The summed E-state index contributed by atoms with van der Waals surface area (Å²) < 4.78 is 22.5. The molecule has 31 heavy (non-hydrogen) atoms. The minimum absolute atomic E-state index is 0.0757. The fourth-order valence-electron chi connectivity index (χ4n) is 3.48. The number of carbonyl (C=O) groups is 1. The molecule has 1 saturated heterocycles. The van der Waals surface area contributed by atoms with Crippen molar-refractivity contribution >= 4 is 5.91 Å². The Morgan fingerprint density at radius 3 is 2.42 bits per heavy atom. The summed E-state index contributed by atoms with van der Waals surface area (Å²) in [6, 6.07) is 0. The van der Waals surface area contributed by atoms with Crippen LogP contribution < -0.4 is 17.2 Å². The van der Waals surface area contributed by atoms with Gasteiger partial charge in [0.05, 0.1) is 19.8 Å². The lowest BCUT2D eigenvalue weighted by molar-refractivity contribution is -0.115. The highest BCUT2D eigenvalue weighted by Gasteiger charge is 2.48. The van der Waals surface area contributed by atoms with Gasteiger partial charge in [0.2, 0.25) is 0 Å². The van der Waals surface area contributed by atoms with Crippen LogP contribution in [0.4, 0.5) is 0 Å². The zero-order chi connectivity index (χ0) is 23.4. The Hall–Kier alpha value is -2.11. The summed E-state index contributed by atoms with van der Waals surface area (Å²) in [6.45, 7) is 6.11. The topological polar surface area (TPSA) is 156 Å². The maximum absolute atomic E-state index is 11.9. The van der Waals surface area contributed by atoms with E-state index in [0.717, 1.165) is 25.0 Å². The van der Waals surface area contributed by atoms with Crippen molar-refractivity contribution in [3.05, 3.63) is 35.9 Å². The van der Waals surface area contributed by atoms with Crippen molar-refractivity contribution in [1.82, 2.24) is 4.90 Å². The minimum Gasteiger partial charge on any atom is -0.403 e. The number of allylic oxidation sites excluding steroid dienone is 3. The van der Waals surface area contributed by atoms with E-state index in [1.807, 2.05) is 13.0 Å². The van der Waals surface area contributed by atoms with Crippen molar-refractivity contribution < 1.29 is 28.8 Å². The van der Waals surface area contributed by atoms with E-state index in [9.17, 15) is 9.90 Å². The van der Waals surface area contributed by atoms with Crippen LogP contribution in [0.1, 0.15) is 32.6 Å². The number of unbranched alkanes of at least 4 members (excludes halogenated alkanes) is 2. The summed E-state index contributed by atoms with van der Waals surface area (Å²) in [5.41, 5.74) is 18.3. The maximum atomic E-state index is 11.9. The molecule has 0 aromatic carbocycles. The lowest BCUT2D eigenvalue weighted by Gasteiger charge is -2.33. The molecule has 1 heterocycles. The molecular formula is C21H38N4O6. The highest BCUT2D eigenvalue weighted by Crippen LogP contribution is 2.32. The number of hydrogen-bond acceptors (Lipinski definition) is 9. The van der Waals surface area contributed by atoms with Crippen LogP contribution in [0.2, 0.25) is 0 Å². The zero-order valence-corrected chi connectivity index (χ0v) is 18.8. The number of methoxy groups -OCH3 is 2. The second-order valence-corrected chi connectivity index (χ2v) is 7.28. The van der Waals surface area contributed by atoms with E-state index in [1.54, 1.807) is 12.0 Å². The molecule has 0 bridgehead atoms. The highest BCUT2D eigenvalue weighted by atomic mass is 16.6. The summed E-state index contributed by atoms with van der Waals surface area (Å²) >= 11 is 0. The predicted molar refractivity (Wildman–Crippen MR) is 117 cm³/mol. The fraction of sp³-hybridized carbons (Fsp3) is 0.667. The largest absolute Gasteiger partial charge is 0.403 e. The first-order chi connectivity index (χ1) is 14.8. The number of rotatable bonds is 15. The molecule has 1 aliphatic rings. The number of aliphatic hydroxyl groups excluding tert-OH is 1. The fourth-order valence-corrected chi connectivity index (χ4v) is 3.48. The molecule has 0 radical (unpaired) electrons. The SMILES string of the molecule is C=CN(/C(CCCC/C=C(/C)N)=C(\N)C(N)=O)C1O[C@H](CO)C(OCCOC)C1OC. The predicted octanol–water partition coefficient (Wildman–Crippen LogP) is 0.274. The Morgan fingerprint density at radius 2 is 1.90 bits per heavy atom. The van der Waals surface area contributed by atoms with E-state index in [2.05, 4.69) is 6.58 Å². The lowest BCUT2D eigenvalue weighted by Crippen LogP contribution is -2.44. The van der Waals surface area contributed by atoms with Gasteiger partial charge in [-0.15, -0.1) is 0 Å². The Morgan fingerprint density at radius 1 is 1.19 bits per heavy atom.